The molecule has 0 spiro atoms. The molecule has 3 heterocycles. The van der Waals surface area contributed by atoms with Gasteiger partial charge in [0.2, 0.25) is 0 Å². The Morgan fingerprint density at radius 2 is 0.696 bits per heavy atom. The average molecular weight is 815 g/mol. The van der Waals surface area contributed by atoms with Crippen LogP contribution in [-0.2, 0) is 27.9 Å². The van der Waals surface area contributed by atoms with Crippen molar-refractivity contribution in [3.63, 3.8) is 0 Å². The third kappa shape index (κ3) is 7.71. The molecule has 0 aromatic heterocycles. The van der Waals surface area contributed by atoms with Gasteiger partial charge in [0.05, 0.1) is 33.6 Å². The molecule has 9 rings (SSSR count). The molecular weight excluding hydrogens is 761 g/mol. The molecule has 6 nitrogen and oxygen atoms in total. The summed E-state index contributed by atoms with van der Waals surface area (Å²) < 4.78 is 37.3. The first-order chi connectivity index (χ1) is 26.1. The van der Waals surface area contributed by atoms with Crippen LogP contribution < -0.4 is 5.46 Å². The van der Waals surface area contributed by atoms with Crippen LogP contribution in [0.4, 0.5) is 0 Å². The van der Waals surface area contributed by atoms with Gasteiger partial charge >= 0.3 is 21.1 Å². The smallest absolute Gasteiger partial charge is 0.405 e. The third-order valence-electron chi connectivity index (χ3n) is 12.8. The molecule has 0 atom stereocenters. The van der Waals surface area contributed by atoms with Crippen LogP contribution in [0.3, 0.4) is 0 Å². The highest BCUT2D eigenvalue weighted by atomic mass is 79.9. The van der Waals surface area contributed by atoms with E-state index in [-0.39, 0.29) is 40.7 Å². The van der Waals surface area contributed by atoms with E-state index in [1.165, 1.54) is 43.1 Å². The van der Waals surface area contributed by atoms with Gasteiger partial charge in [-0.25, -0.2) is 0 Å². The molecule has 0 amide bonds. The molecule has 6 aromatic rings. The van der Waals surface area contributed by atoms with Gasteiger partial charge in [-0.15, -0.1) is 0 Å². The van der Waals surface area contributed by atoms with Gasteiger partial charge in [-0.05, 0) is 144 Å². The fraction of sp³-hybridized carbons (Fsp3) is 0.391. The summed E-state index contributed by atoms with van der Waals surface area (Å²) in [6.45, 7) is 24.5. The van der Waals surface area contributed by atoms with Crippen LogP contribution >= 0.6 is 15.9 Å². The minimum Gasteiger partial charge on any atom is -0.405 e. The Hall–Kier alpha value is -3.21. The molecule has 0 radical (unpaired) electrons. The predicted molar refractivity (Wildman–Crippen MR) is 238 cm³/mol. The van der Waals surface area contributed by atoms with Crippen molar-refractivity contribution in [3.8, 4) is 0 Å². The van der Waals surface area contributed by atoms with Crippen molar-refractivity contribution in [1.82, 2.24) is 0 Å². The number of rotatable bonds is 2. The summed E-state index contributed by atoms with van der Waals surface area (Å²) in [5, 5.41) is 10.3. The first-order valence-corrected chi connectivity index (χ1v) is 20.4. The van der Waals surface area contributed by atoms with E-state index < -0.39 is 14.0 Å². The molecule has 3 fully saturated rings. The van der Waals surface area contributed by atoms with Crippen LogP contribution in [0.15, 0.2) is 114 Å². The van der Waals surface area contributed by atoms with Gasteiger partial charge < -0.3 is 27.9 Å². The summed E-state index contributed by atoms with van der Waals surface area (Å²) in [5.41, 5.74) is -0.983. The van der Waals surface area contributed by atoms with Crippen molar-refractivity contribution in [2.75, 3.05) is 0 Å². The molecule has 3 saturated heterocycles. The zero-order valence-electron chi connectivity index (χ0n) is 35.0. The van der Waals surface area contributed by atoms with Crippen molar-refractivity contribution in [1.29, 1.82) is 0 Å². The van der Waals surface area contributed by atoms with Crippen LogP contribution in [0.5, 0.6) is 0 Å². The summed E-state index contributed by atoms with van der Waals surface area (Å²) in [7, 11) is -1.26. The van der Waals surface area contributed by atoms with E-state index in [1.54, 1.807) is 0 Å². The lowest BCUT2D eigenvalue weighted by atomic mass is 9.49. The maximum atomic E-state index is 6.16. The molecule has 0 unspecified atom stereocenters. The number of fused-ring (bicyclic) bond motifs is 6. The summed E-state index contributed by atoms with van der Waals surface area (Å²) in [5.74, 6) is 0. The summed E-state index contributed by atoms with van der Waals surface area (Å²) in [6.07, 6.45) is 0. The summed E-state index contributed by atoms with van der Waals surface area (Å²) >= 11 is 3.50. The molecule has 3 aliphatic rings. The van der Waals surface area contributed by atoms with Gasteiger partial charge in [-0.1, -0.05) is 113 Å². The van der Waals surface area contributed by atoms with Gasteiger partial charge in [-0.2, -0.15) is 0 Å². The lowest BCUT2D eigenvalue weighted by Gasteiger charge is -2.32. The summed E-state index contributed by atoms with van der Waals surface area (Å²) in [6, 6.07) is 38.6. The van der Waals surface area contributed by atoms with E-state index in [0.29, 0.717) is 0 Å². The first kappa shape index (κ1) is 41.0. The zero-order valence-corrected chi connectivity index (χ0v) is 36.5. The Bertz CT molecular complexity index is 2330. The second-order valence-corrected chi connectivity index (χ2v) is 19.2. The van der Waals surface area contributed by atoms with Crippen molar-refractivity contribution in [3.05, 3.63) is 114 Å². The second-order valence-electron chi connectivity index (χ2n) is 18.3. The quantitative estimate of drug-likeness (QED) is 0.128. The monoisotopic (exact) mass is 814 g/mol. The number of benzene rings is 6. The predicted octanol–water partition coefficient (Wildman–Crippen LogP) is 11.3. The lowest BCUT2D eigenvalue weighted by molar-refractivity contribution is 0.00578. The Kier molecular flexibility index (Phi) is 10.7. The fourth-order valence-corrected chi connectivity index (χ4v) is 7.52. The number of halogens is 1. The molecule has 56 heavy (non-hydrogen) atoms. The van der Waals surface area contributed by atoms with E-state index >= 15 is 0 Å². The van der Waals surface area contributed by atoms with E-state index in [0.717, 1.165) is 9.94 Å². The highest BCUT2D eigenvalue weighted by Gasteiger charge is 2.63. The zero-order chi connectivity index (χ0) is 40.5. The van der Waals surface area contributed by atoms with Crippen LogP contribution in [-0.4, -0.2) is 54.7 Å². The van der Waals surface area contributed by atoms with E-state index in [4.69, 9.17) is 27.9 Å². The standard InChI is InChI=1S/C20H21BO2.C14H9Br.C12H24B2O4/c1-19(2)20(3,4)23-21(22-19)16-11-12-18-15(13-16)10-9-14-7-5-6-8-17(14)18;15-12-7-8-14-11(9-12)6-5-10-3-1-2-4-13(10)14;1-9(2)10(3,4)16-13(15-9)14-17-11(5,6)12(7,8)18-14/h5-13H,1-4H3;1-9H;1-8H3. The normalized spacial score (nSPS) is 21.3. The van der Waals surface area contributed by atoms with Crippen molar-refractivity contribution >= 4 is 85.6 Å². The van der Waals surface area contributed by atoms with Gasteiger partial charge in [0.15, 0.2) is 0 Å². The van der Waals surface area contributed by atoms with Crippen LogP contribution in [0.1, 0.15) is 83.1 Å². The third-order valence-corrected chi connectivity index (χ3v) is 13.3. The van der Waals surface area contributed by atoms with Crippen LogP contribution in [0.2, 0.25) is 0 Å². The molecule has 3 aliphatic heterocycles. The second kappa shape index (κ2) is 14.6. The fourth-order valence-electron chi connectivity index (χ4n) is 7.14. The SMILES string of the molecule is Brc1ccc2c(ccc3ccccc32)c1.CC1(C)OB(B2OC(C)(C)C(C)(C)O2)OC1(C)C.CC1(C)OB(c2ccc3c(ccc4ccccc43)c2)OC1(C)C. The van der Waals surface area contributed by atoms with Gasteiger partial charge in [0, 0.05) is 4.47 Å². The maximum absolute atomic E-state index is 6.16. The van der Waals surface area contributed by atoms with Gasteiger partial charge in [0.1, 0.15) is 0 Å². The molecule has 6 aromatic carbocycles. The summed E-state index contributed by atoms with van der Waals surface area (Å²) in [4.78, 5) is 0. The van der Waals surface area contributed by atoms with Crippen LogP contribution in [0.25, 0.3) is 43.1 Å². The Morgan fingerprint density at radius 3 is 1.14 bits per heavy atom. The maximum Gasteiger partial charge on any atom is 0.494 e. The Labute approximate surface area is 342 Å². The average Bonchev–Trinajstić information content (AvgIpc) is 3.60. The highest BCUT2D eigenvalue weighted by molar-refractivity contribution is 9.10. The molecular formula is C46H54B3BrO6. The minimum absolute atomic E-state index is 0.309. The van der Waals surface area contributed by atoms with E-state index in [2.05, 4.69) is 153 Å². The minimum atomic E-state index is -0.476. The molecule has 10 heteroatoms. The van der Waals surface area contributed by atoms with E-state index in [9.17, 15) is 0 Å². The number of hydrogen-bond acceptors (Lipinski definition) is 6. The van der Waals surface area contributed by atoms with Crippen molar-refractivity contribution < 1.29 is 27.9 Å². The Morgan fingerprint density at radius 1 is 0.357 bits per heavy atom. The Balaban J connectivity index is 0.000000132. The van der Waals surface area contributed by atoms with Crippen molar-refractivity contribution in [2.45, 2.75) is 117 Å². The van der Waals surface area contributed by atoms with Crippen molar-refractivity contribution in [2.24, 2.45) is 0 Å². The lowest BCUT2D eigenvalue weighted by Crippen LogP contribution is -2.41. The molecule has 0 aliphatic carbocycles. The molecule has 0 N–H and O–H groups in total. The topological polar surface area (TPSA) is 55.4 Å². The number of hydrogen-bond donors (Lipinski definition) is 0. The first-order valence-electron chi connectivity index (χ1n) is 19.7. The van der Waals surface area contributed by atoms with E-state index in [1.807, 2.05) is 55.4 Å². The molecule has 290 valence electrons. The highest BCUT2D eigenvalue weighted by Crippen LogP contribution is 2.43. The molecule has 0 saturated carbocycles. The molecule has 0 bridgehead atoms. The van der Waals surface area contributed by atoms with Gasteiger partial charge in [0.25, 0.3) is 0 Å². The largest absolute Gasteiger partial charge is 0.494 e. The van der Waals surface area contributed by atoms with Gasteiger partial charge in [-0.3, -0.25) is 0 Å². The van der Waals surface area contributed by atoms with Crippen LogP contribution in [0, 0.1) is 0 Å².